The maximum Gasteiger partial charge on any atom is 0.182 e. The van der Waals surface area contributed by atoms with E-state index in [4.69, 9.17) is 5.26 Å². The van der Waals surface area contributed by atoms with E-state index in [0.29, 0.717) is 18.8 Å². The van der Waals surface area contributed by atoms with Crippen molar-refractivity contribution >= 4 is 29.1 Å². The van der Waals surface area contributed by atoms with Crippen molar-refractivity contribution in [3.63, 3.8) is 0 Å². The minimum absolute atomic E-state index is 0.423. The Hall–Kier alpha value is -3.44. The zero-order valence-electron chi connectivity index (χ0n) is 14.3. The minimum atomic E-state index is 0.423. The summed E-state index contributed by atoms with van der Waals surface area (Å²) < 4.78 is 0. The SMILES string of the molecule is N#CNC(Cc1ccc2c(c1)Nc1nccnc1S2)=NCc1ccccn1. The summed E-state index contributed by atoms with van der Waals surface area (Å²) in [6.07, 6.45) is 7.57. The molecule has 2 aromatic heterocycles. The monoisotopic (exact) mass is 373 g/mol. The first-order chi connectivity index (χ1) is 13.3. The molecule has 0 aliphatic carbocycles. The van der Waals surface area contributed by atoms with Crippen molar-refractivity contribution in [3.8, 4) is 6.19 Å². The Bertz CT molecular complexity index is 1030. The molecule has 0 bridgehead atoms. The summed E-state index contributed by atoms with van der Waals surface area (Å²) in [5.41, 5.74) is 2.87. The summed E-state index contributed by atoms with van der Waals surface area (Å²) in [7, 11) is 0. The maximum atomic E-state index is 9.02. The first-order valence-electron chi connectivity index (χ1n) is 8.29. The summed E-state index contributed by atoms with van der Waals surface area (Å²) in [5.74, 6) is 1.36. The Morgan fingerprint density at radius 2 is 2.07 bits per heavy atom. The number of nitrogens with one attached hydrogen (secondary N) is 2. The lowest BCUT2D eigenvalue weighted by Gasteiger charge is -2.19. The van der Waals surface area contributed by atoms with E-state index in [-0.39, 0.29) is 0 Å². The zero-order valence-corrected chi connectivity index (χ0v) is 15.1. The van der Waals surface area contributed by atoms with Crippen LogP contribution in [0.15, 0.2) is 69.9 Å². The lowest BCUT2D eigenvalue weighted by Crippen LogP contribution is -2.21. The van der Waals surface area contributed by atoms with Crippen LogP contribution in [0.4, 0.5) is 11.5 Å². The summed E-state index contributed by atoms with van der Waals surface area (Å²) in [4.78, 5) is 18.5. The van der Waals surface area contributed by atoms with Gasteiger partial charge in [0.15, 0.2) is 12.0 Å². The highest BCUT2D eigenvalue weighted by Crippen LogP contribution is 2.42. The van der Waals surface area contributed by atoms with Crippen LogP contribution >= 0.6 is 11.8 Å². The largest absolute Gasteiger partial charge is 0.337 e. The van der Waals surface area contributed by atoms with Crippen molar-refractivity contribution < 1.29 is 0 Å². The predicted molar refractivity (Wildman–Crippen MR) is 104 cm³/mol. The molecule has 0 fully saturated rings. The minimum Gasteiger partial charge on any atom is -0.337 e. The molecule has 8 heteroatoms. The van der Waals surface area contributed by atoms with Gasteiger partial charge in [-0.15, -0.1) is 0 Å². The number of aliphatic imine (C=N–C) groups is 1. The van der Waals surface area contributed by atoms with Crippen LogP contribution in [-0.2, 0) is 13.0 Å². The maximum absolute atomic E-state index is 9.02. The smallest absolute Gasteiger partial charge is 0.182 e. The van der Waals surface area contributed by atoms with E-state index in [2.05, 4.69) is 36.6 Å². The molecule has 1 aliphatic rings. The standard InChI is InChI=1S/C19H15N7S/c20-12-25-17(24-11-14-3-1-2-6-21-14)10-13-4-5-16-15(9-13)26-18-19(27-16)23-8-7-22-18/h1-9H,10-11H2,(H,22,26)(H,24,25). The third kappa shape index (κ3) is 4.04. The Morgan fingerprint density at radius 1 is 1.15 bits per heavy atom. The average molecular weight is 373 g/mol. The molecule has 7 nitrogen and oxygen atoms in total. The van der Waals surface area contributed by atoms with Crippen molar-refractivity contribution in [1.29, 1.82) is 5.26 Å². The highest BCUT2D eigenvalue weighted by molar-refractivity contribution is 7.99. The van der Waals surface area contributed by atoms with Crippen LogP contribution in [0.2, 0.25) is 0 Å². The van der Waals surface area contributed by atoms with E-state index in [9.17, 15) is 0 Å². The lowest BCUT2D eigenvalue weighted by atomic mass is 10.1. The highest BCUT2D eigenvalue weighted by atomic mass is 32.2. The quantitative estimate of drug-likeness (QED) is 0.245. The van der Waals surface area contributed by atoms with Gasteiger partial charge in [-0.25, -0.2) is 9.97 Å². The van der Waals surface area contributed by atoms with Gasteiger partial charge >= 0.3 is 0 Å². The second-order valence-electron chi connectivity index (χ2n) is 5.77. The molecule has 27 heavy (non-hydrogen) atoms. The van der Waals surface area contributed by atoms with Gasteiger partial charge in [0, 0.05) is 29.9 Å². The van der Waals surface area contributed by atoms with Crippen LogP contribution in [0.1, 0.15) is 11.3 Å². The van der Waals surface area contributed by atoms with Gasteiger partial charge in [0.1, 0.15) is 10.9 Å². The highest BCUT2D eigenvalue weighted by Gasteiger charge is 2.18. The molecule has 0 amide bonds. The number of hydrogen-bond acceptors (Lipinski definition) is 7. The Balaban J connectivity index is 1.52. The average Bonchev–Trinajstić information content (AvgIpc) is 2.71. The van der Waals surface area contributed by atoms with Crippen LogP contribution in [-0.4, -0.2) is 20.8 Å². The fourth-order valence-electron chi connectivity index (χ4n) is 2.66. The van der Waals surface area contributed by atoms with E-state index in [1.54, 1.807) is 30.4 Å². The van der Waals surface area contributed by atoms with Gasteiger partial charge in [-0.1, -0.05) is 23.9 Å². The van der Waals surface area contributed by atoms with E-state index in [1.807, 2.05) is 36.5 Å². The van der Waals surface area contributed by atoms with Crippen LogP contribution in [0.5, 0.6) is 0 Å². The number of nitrogens with zero attached hydrogens (tertiary/aromatic N) is 5. The molecule has 1 aliphatic heterocycles. The Morgan fingerprint density at radius 3 is 2.93 bits per heavy atom. The molecule has 0 unspecified atom stereocenters. The van der Waals surface area contributed by atoms with Gasteiger partial charge in [-0.3, -0.25) is 15.3 Å². The van der Waals surface area contributed by atoms with Gasteiger partial charge in [-0.05, 0) is 29.8 Å². The van der Waals surface area contributed by atoms with Gasteiger partial charge < -0.3 is 5.32 Å². The van der Waals surface area contributed by atoms with Crippen molar-refractivity contribution in [1.82, 2.24) is 20.3 Å². The first kappa shape index (κ1) is 17.0. The van der Waals surface area contributed by atoms with E-state index in [0.717, 1.165) is 32.7 Å². The Kier molecular flexibility index (Phi) is 4.94. The fourth-order valence-corrected chi connectivity index (χ4v) is 3.54. The molecule has 0 saturated heterocycles. The fraction of sp³-hybridized carbons (Fsp3) is 0.105. The van der Waals surface area contributed by atoms with Crippen LogP contribution in [0, 0.1) is 11.5 Å². The predicted octanol–water partition coefficient (Wildman–Crippen LogP) is 3.29. The normalized spacial score (nSPS) is 12.3. The number of nitriles is 1. The van der Waals surface area contributed by atoms with E-state index >= 15 is 0 Å². The summed E-state index contributed by atoms with van der Waals surface area (Å²) >= 11 is 1.59. The van der Waals surface area contributed by atoms with Crippen molar-refractivity contribution in [3.05, 3.63) is 66.2 Å². The summed E-state index contributed by atoms with van der Waals surface area (Å²) in [6.45, 7) is 0.423. The van der Waals surface area contributed by atoms with Crippen molar-refractivity contribution in [2.45, 2.75) is 22.9 Å². The molecule has 0 saturated carbocycles. The molecule has 3 aromatic rings. The molecule has 0 radical (unpaired) electrons. The van der Waals surface area contributed by atoms with Crippen LogP contribution in [0.25, 0.3) is 0 Å². The van der Waals surface area contributed by atoms with Crippen LogP contribution < -0.4 is 10.6 Å². The first-order valence-corrected chi connectivity index (χ1v) is 9.10. The lowest BCUT2D eigenvalue weighted by molar-refractivity contribution is 0.964. The molecule has 3 heterocycles. The van der Waals surface area contributed by atoms with E-state index < -0.39 is 0 Å². The van der Waals surface area contributed by atoms with E-state index in [1.165, 1.54) is 0 Å². The zero-order chi connectivity index (χ0) is 18.5. The number of pyridine rings is 1. The molecule has 0 spiro atoms. The van der Waals surface area contributed by atoms with Gasteiger partial charge in [0.25, 0.3) is 0 Å². The van der Waals surface area contributed by atoms with Crippen LogP contribution in [0.3, 0.4) is 0 Å². The van der Waals surface area contributed by atoms with Crippen molar-refractivity contribution in [2.24, 2.45) is 4.99 Å². The number of amidine groups is 1. The second kappa shape index (κ2) is 7.85. The third-order valence-corrected chi connectivity index (χ3v) is 4.97. The third-order valence-electron chi connectivity index (χ3n) is 3.90. The molecule has 1 aromatic carbocycles. The Labute approximate surface area is 160 Å². The molecule has 0 atom stereocenters. The number of rotatable bonds is 4. The number of fused-ring (bicyclic) bond motifs is 2. The molecule has 4 rings (SSSR count). The number of hydrogen-bond donors (Lipinski definition) is 2. The number of anilines is 2. The number of benzene rings is 1. The molecule has 132 valence electrons. The number of aromatic nitrogens is 3. The summed E-state index contributed by atoms with van der Waals surface area (Å²) in [6, 6.07) is 11.8. The van der Waals surface area contributed by atoms with Gasteiger partial charge in [0.2, 0.25) is 0 Å². The second-order valence-corrected chi connectivity index (χ2v) is 6.80. The molecule has 2 N–H and O–H groups in total. The van der Waals surface area contributed by atoms with Crippen molar-refractivity contribution in [2.75, 3.05) is 5.32 Å². The van der Waals surface area contributed by atoms with Gasteiger partial charge in [-0.2, -0.15) is 5.26 Å². The topological polar surface area (TPSA) is 98.9 Å². The molecular weight excluding hydrogens is 358 g/mol. The van der Waals surface area contributed by atoms with Gasteiger partial charge in [0.05, 0.1) is 17.9 Å². The summed E-state index contributed by atoms with van der Waals surface area (Å²) in [5, 5.41) is 15.9. The molecular formula is C19H15N7S.